The number of nitrogens with two attached hydrogens (primary N) is 1. The fraction of sp³-hybridized carbons (Fsp3) is 0.286. The van der Waals surface area contributed by atoms with Crippen molar-refractivity contribution in [1.82, 2.24) is 14.1 Å². The Labute approximate surface area is 222 Å². The van der Waals surface area contributed by atoms with Crippen molar-refractivity contribution in [2.24, 2.45) is 5.73 Å². The first-order valence-electron chi connectivity index (χ1n) is 12.4. The van der Waals surface area contributed by atoms with Crippen LogP contribution in [0.25, 0.3) is 11.0 Å². The van der Waals surface area contributed by atoms with Crippen LogP contribution in [0.5, 0.6) is 5.75 Å². The maximum absolute atomic E-state index is 14.1. The van der Waals surface area contributed by atoms with Gasteiger partial charge in [0.05, 0.1) is 20.0 Å². The summed E-state index contributed by atoms with van der Waals surface area (Å²) in [6.07, 6.45) is 2.85. The van der Waals surface area contributed by atoms with Gasteiger partial charge in [0.15, 0.2) is 17.4 Å². The van der Waals surface area contributed by atoms with Gasteiger partial charge < -0.3 is 19.9 Å². The van der Waals surface area contributed by atoms with Crippen LogP contribution in [0.1, 0.15) is 34.3 Å². The highest BCUT2D eigenvalue weighted by Crippen LogP contribution is 2.32. The summed E-state index contributed by atoms with van der Waals surface area (Å²) in [7, 11) is 1.49. The Morgan fingerprint density at radius 1 is 1.23 bits per heavy atom. The third-order valence-corrected chi connectivity index (χ3v) is 6.90. The van der Waals surface area contributed by atoms with Crippen LogP contribution in [-0.2, 0) is 13.1 Å². The van der Waals surface area contributed by atoms with Crippen molar-refractivity contribution in [2.45, 2.75) is 32.0 Å². The van der Waals surface area contributed by atoms with Gasteiger partial charge in [0.1, 0.15) is 34.2 Å². The monoisotopic (exact) mass is 532 g/mol. The number of methoxy groups -OCH3 is 1. The number of halogens is 2. The second-order valence-electron chi connectivity index (χ2n) is 9.52. The molecule has 2 aromatic carbocycles. The zero-order chi connectivity index (χ0) is 27.7. The van der Waals surface area contributed by atoms with Crippen LogP contribution in [0.2, 0.25) is 0 Å². The number of ketones is 1. The van der Waals surface area contributed by atoms with E-state index in [1.54, 1.807) is 28.8 Å². The smallest absolute Gasteiger partial charge is 0.278 e. The lowest BCUT2D eigenvalue weighted by Gasteiger charge is -2.33. The molecule has 9 nitrogen and oxygen atoms in total. The standard InChI is InChI=1S/C28H26F2N6O3/c1-39-20-6-2-4-18(11-20)24(37)15-35-16-33-25-21(12-31)27(34-9-3-5-19(32)14-34)36(26(25)28(35)38)13-17-7-8-22(29)23(30)10-17/h2,4,6-8,10-11,16,19H,3,5,9,13-15,32H2,1H3/t19-/m1/s1. The molecule has 5 rings (SSSR count). The maximum atomic E-state index is 14.1. The number of Topliss-reactive ketones (excluding diaryl/α,β-unsaturated/α-hetero) is 1. The Hall–Kier alpha value is -4.56. The van der Waals surface area contributed by atoms with Crippen LogP contribution >= 0.6 is 0 Å². The van der Waals surface area contributed by atoms with E-state index in [4.69, 9.17) is 10.5 Å². The predicted octanol–water partition coefficient (Wildman–Crippen LogP) is 3.22. The van der Waals surface area contributed by atoms with Gasteiger partial charge >= 0.3 is 0 Å². The van der Waals surface area contributed by atoms with E-state index < -0.39 is 17.2 Å². The summed E-state index contributed by atoms with van der Waals surface area (Å²) in [5.41, 5.74) is 6.87. The van der Waals surface area contributed by atoms with E-state index >= 15 is 0 Å². The molecule has 200 valence electrons. The van der Waals surface area contributed by atoms with E-state index in [2.05, 4.69) is 11.1 Å². The lowest BCUT2D eigenvalue weighted by molar-refractivity contribution is 0.0970. The van der Waals surface area contributed by atoms with Crippen molar-refractivity contribution in [1.29, 1.82) is 5.26 Å². The number of fused-ring (bicyclic) bond motifs is 1. The van der Waals surface area contributed by atoms with E-state index in [0.717, 1.165) is 25.0 Å². The first-order chi connectivity index (χ1) is 18.8. The summed E-state index contributed by atoms with van der Waals surface area (Å²) >= 11 is 0. The normalized spacial score (nSPS) is 15.4. The Morgan fingerprint density at radius 2 is 2.05 bits per heavy atom. The number of nitrogens with zero attached hydrogens (tertiary/aromatic N) is 5. The summed E-state index contributed by atoms with van der Waals surface area (Å²) < 4.78 is 35.7. The number of nitriles is 1. The van der Waals surface area contributed by atoms with Gasteiger partial charge in [0.2, 0.25) is 0 Å². The number of anilines is 1. The average molecular weight is 533 g/mol. The minimum absolute atomic E-state index is 0.0266. The van der Waals surface area contributed by atoms with Crippen LogP contribution in [0.4, 0.5) is 14.6 Å². The molecule has 39 heavy (non-hydrogen) atoms. The molecule has 0 unspecified atom stereocenters. The Kier molecular flexibility index (Phi) is 7.13. The Balaban J connectivity index is 1.66. The molecule has 0 spiro atoms. The number of aromatic nitrogens is 3. The lowest BCUT2D eigenvalue weighted by Crippen LogP contribution is -2.44. The van der Waals surface area contributed by atoms with Crippen LogP contribution in [0.3, 0.4) is 0 Å². The van der Waals surface area contributed by atoms with Crippen molar-refractivity contribution in [2.75, 3.05) is 25.1 Å². The highest BCUT2D eigenvalue weighted by molar-refractivity contribution is 5.96. The predicted molar refractivity (Wildman–Crippen MR) is 141 cm³/mol. The van der Waals surface area contributed by atoms with Crippen LogP contribution < -0.4 is 20.9 Å². The molecule has 2 aromatic heterocycles. The first kappa shape index (κ1) is 26.1. The van der Waals surface area contributed by atoms with E-state index in [9.17, 15) is 23.6 Å². The largest absolute Gasteiger partial charge is 0.497 e. The molecule has 11 heteroatoms. The molecule has 1 aliphatic rings. The van der Waals surface area contributed by atoms with Crippen LogP contribution in [0.15, 0.2) is 53.6 Å². The van der Waals surface area contributed by atoms with Gasteiger partial charge in [-0.1, -0.05) is 18.2 Å². The number of carbonyl (C=O) groups excluding carboxylic acids is 1. The second kappa shape index (κ2) is 10.7. The highest BCUT2D eigenvalue weighted by atomic mass is 19.2. The van der Waals surface area contributed by atoms with Gasteiger partial charge in [0.25, 0.3) is 5.56 Å². The minimum Gasteiger partial charge on any atom is -0.497 e. The zero-order valence-electron chi connectivity index (χ0n) is 21.2. The summed E-state index contributed by atoms with van der Waals surface area (Å²) in [5, 5.41) is 10.1. The summed E-state index contributed by atoms with van der Waals surface area (Å²) in [4.78, 5) is 33.2. The number of rotatable bonds is 7. The van der Waals surface area contributed by atoms with E-state index in [1.807, 2.05) is 4.90 Å². The molecular weight excluding hydrogens is 506 g/mol. The van der Waals surface area contributed by atoms with Crippen molar-refractivity contribution in [3.63, 3.8) is 0 Å². The number of carbonyl (C=O) groups is 1. The van der Waals surface area contributed by atoms with Gasteiger partial charge in [-0.25, -0.2) is 13.8 Å². The molecule has 1 fully saturated rings. The third kappa shape index (κ3) is 4.98. The van der Waals surface area contributed by atoms with Crippen LogP contribution in [0, 0.1) is 23.0 Å². The number of hydrogen-bond donors (Lipinski definition) is 1. The molecule has 0 bridgehead atoms. The van der Waals surface area contributed by atoms with Gasteiger partial charge in [-0.05, 0) is 42.7 Å². The molecule has 0 amide bonds. The molecule has 0 aliphatic carbocycles. The lowest BCUT2D eigenvalue weighted by atomic mass is 10.1. The second-order valence-corrected chi connectivity index (χ2v) is 9.52. The molecule has 1 aliphatic heterocycles. The maximum Gasteiger partial charge on any atom is 0.278 e. The molecule has 2 N–H and O–H groups in total. The highest BCUT2D eigenvalue weighted by Gasteiger charge is 2.29. The molecule has 0 saturated carbocycles. The Bertz CT molecular complexity index is 1670. The quantitative estimate of drug-likeness (QED) is 0.363. The number of piperidine rings is 1. The van der Waals surface area contributed by atoms with Crippen molar-refractivity contribution in [3.05, 3.63) is 87.5 Å². The van der Waals surface area contributed by atoms with Gasteiger partial charge in [0, 0.05) is 31.2 Å². The number of hydrogen-bond acceptors (Lipinski definition) is 7. The Morgan fingerprint density at radius 3 is 2.77 bits per heavy atom. The summed E-state index contributed by atoms with van der Waals surface area (Å²) in [6.45, 7) is 0.725. The zero-order valence-corrected chi connectivity index (χ0v) is 21.2. The minimum atomic E-state index is -1.02. The summed E-state index contributed by atoms with van der Waals surface area (Å²) in [6, 6.07) is 12.1. The molecule has 3 heterocycles. The van der Waals surface area contributed by atoms with Gasteiger partial charge in [-0.15, -0.1) is 0 Å². The third-order valence-electron chi connectivity index (χ3n) is 6.90. The van der Waals surface area contributed by atoms with E-state index in [1.165, 1.54) is 24.1 Å². The molecule has 1 saturated heterocycles. The molecule has 0 radical (unpaired) electrons. The van der Waals surface area contributed by atoms with Crippen LogP contribution in [-0.4, -0.2) is 46.1 Å². The number of benzene rings is 2. The average Bonchev–Trinajstić information content (AvgIpc) is 3.25. The van der Waals surface area contributed by atoms with Crippen molar-refractivity contribution in [3.8, 4) is 11.8 Å². The molecular formula is C28H26F2N6O3. The van der Waals surface area contributed by atoms with Gasteiger partial charge in [-0.3, -0.25) is 14.2 Å². The summed E-state index contributed by atoms with van der Waals surface area (Å²) in [5.74, 6) is -1.40. The van der Waals surface area contributed by atoms with E-state index in [-0.39, 0.29) is 41.5 Å². The van der Waals surface area contributed by atoms with Crippen molar-refractivity contribution < 1.29 is 18.3 Å². The SMILES string of the molecule is COc1cccc(C(=O)Cn2cnc3c(C#N)c(N4CCC[C@@H](N)C4)n(Cc4ccc(F)c(F)c4)c3c2=O)c1. The first-order valence-corrected chi connectivity index (χ1v) is 12.4. The van der Waals surface area contributed by atoms with E-state index in [0.29, 0.717) is 35.8 Å². The van der Waals surface area contributed by atoms with Crippen molar-refractivity contribution >= 4 is 22.6 Å². The number of ether oxygens (including phenoxy) is 1. The topological polar surface area (TPSA) is 119 Å². The molecule has 1 atom stereocenters. The molecule has 4 aromatic rings. The van der Waals surface area contributed by atoms with Gasteiger partial charge in [-0.2, -0.15) is 5.26 Å². The fourth-order valence-corrected chi connectivity index (χ4v) is 5.02. The fourth-order valence-electron chi connectivity index (χ4n) is 5.02.